The number of nitrogens with zero attached hydrogens (tertiary/aromatic N) is 2. The molecule has 0 spiro atoms. The molecular weight excluding hydrogens is 260 g/mol. The largest absolute Gasteiger partial charge is 0.496 e. The third-order valence-corrected chi connectivity index (χ3v) is 2.42. The first-order valence-corrected chi connectivity index (χ1v) is 4.82. The van der Waals surface area contributed by atoms with Gasteiger partial charge in [0, 0.05) is 0 Å². The zero-order chi connectivity index (χ0) is 11.3. The molecule has 0 aliphatic rings. The fourth-order valence-electron chi connectivity index (χ4n) is 1.08. The predicted molar refractivity (Wildman–Crippen MR) is 57.2 cm³/mol. The fourth-order valence-corrected chi connectivity index (χ4v) is 1.64. The van der Waals surface area contributed by atoms with Crippen molar-refractivity contribution < 1.29 is 9.53 Å². The van der Waals surface area contributed by atoms with E-state index in [0.717, 1.165) is 0 Å². The van der Waals surface area contributed by atoms with Gasteiger partial charge in [0.15, 0.2) is 6.04 Å². The van der Waals surface area contributed by atoms with Crippen molar-refractivity contribution in [1.82, 2.24) is 0 Å². The number of hydrogen-bond donors (Lipinski definition) is 0. The van der Waals surface area contributed by atoms with Crippen LogP contribution >= 0.6 is 15.9 Å². The summed E-state index contributed by atoms with van der Waals surface area (Å²) in [5, 5.41) is 8.76. The molecule has 4 nitrogen and oxygen atoms in total. The molecule has 0 saturated heterocycles. The van der Waals surface area contributed by atoms with Crippen molar-refractivity contribution in [3.63, 3.8) is 0 Å². The molecule has 0 aromatic heterocycles. The lowest BCUT2D eigenvalue weighted by Crippen LogP contribution is -1.93. The molecule has 0 aliphatic heterocycles. The molecule has 0 saturated carbocycles. The number of methoxy groups -OCH3 is 1. The van der Waals surface area contributed by atoms with Gasteiger partial charge in [0.2, 0.25) is 6.08 Å². The van der Waals surface area contributed by atoms with Crippen LogP contribution in [0.2, 0.25) is 0 Å². The summed E-state index contributed by atoms with van der Waals surface area (Å²) >= 11 is 3.28. The quantitative estimate of drug-likeness (QED) is 0.623. The molecule has 0 heterocycles. The van der Waals surface area contributed by atoms with E-state index in [4.69, 9.17) is 10.00 Å². The summed E-state index contributed by atoms with van der Waals surface area (Å²) in [4.78, 5) is 13.5. The van der Waals surface area contributed by atoms with Gasteiger partial charge < -0.3 is 4.74 Å². The van der Waals surface area contributed by atoms with Crippen LogP contribution < -0.4 is 4.74 Å². The summed E-state index contributed by atoms with van der Waals surface area (Å²) in [5.41, 5.74) is 0.619. The first-order valence-electron chi connectivity index (χ1n) is 4.03. The van der Waals surface area contributed by atoms with Crippen molar-refractivity contribution >= 4 is 22.0 Å². The summed E-state index contributed by atoms with van der Waals surface area (Å²) in [6, 6.07) is 6.14. The van der Waals surface area contributed by atoms with E-state index < -0.39 is 6.04 Å². The Kier molecular flexibility index (Phi) is 4.04. The third kappa shape index (κ3) is 2.66. The zero-order valence-electron chi connectivity index (χ0n) is 7.90. The zero-order valence-corrected chi connectivity index (χ0v) is 9.48. The number of rotatable bonds is 3. The average Bonchev–Trinajstić information content (AvgIpc) is 2.25. The number of halogens is 1. The third-order valence-electron chi connectivity index (χ3n) is 1.80. The van der Waals surface area contributed by atoms with Crippen LogP contribution in [0, 0.1) is 11.3 Å². The van der Waals surface area contributed by atoms with Gasteiger partial charge in [-0.1, -0.05) is 6.07 Å². The Hall–Kier alpha value is -1.63. The second kappa shape index (κ2) is 5.30. The van der Waals surface area contributed by atoms with Gasteiger partial charge in [-0.2, -0.15) is 10.3 Å². The summed E-state index contributed by atoms with van der Waals surface area (Å²) < 4.78 is 5.75. The van der Waals surface area contributed by atoms with Crippen LogP contribution in [0.25, 0.3) is 0 Å². The van der Waals surface area contributed by atoms with Gasteiger partial charge in [-0.25, -0.2) is 4.79 Å². The Balaban J connectivity index is 3.11. The van der Waals surface area contributed by atoms with E-state index in [1.807, 2.05) is 6.07 Å². The minimum atomic E-state index is -0.815. The van der Waals surface area contributed by atoms with E-state index in [2.05, 4.69) is 20.9 Å². The van der Waals surface area contributed by atoms with Crippen LogP contribution in [0.4, 0.5) is 0 Å². The summed E-state index contributed by atoms with van der Waals surface area (Å²) in [6.45, 7) is 0. The van der Waals surface area contributed by atoms with Gasteiger partial charge in [0.1, 0.15) is 5.75 Å². The minimum absolute atomic E-state index is 0.619. The molecular formula is C10H7BrN2O2. The highest BCUT2D eigenvalue weighted by molar-refractivity contribution is 9.10. The second-order valence-electron chi connectivity index (χ2n) is 2.65. The lowest BCUT2D eigenvalue weighted by molar-refractivity contribution is 0.412. The summed E-state index contributed by atoms with van der Waals surface area (Å²) in [6.07, 6.45) is 1.37. The molecule has 15 heavy (non-hydrogen) atoms. The van der Waals surface area contributed by atoms with E-state index in [-0.39, 0.29) is 0 Å². The topological polar surface area (TPSA) is 62.4 Å². The summed E-state index contributed by atoms with van der Waals surface area (Å²) in [5.74, 6) is 0.658. The highest BCUT2D eigenvalue weighted by Crippen LogP contribution is 2.28. The Labute approximate surface area is 95.3 Å². The number of carbonyl (C=O) groups excluding carboxylic acids is 1. The molecule has 0 radical (unpaired) electrons. The standard InChI is InChI=1S/C10H7BrN2O2/c1-15-10-3-2-7(4-8(10)11)9(5-12)13-6-14/h2-4,9H,1H3. The maximum absolute atomic E-state index is 10.1. The number of hydrogen-bond acceptors (Lipinski definition) is 4. The van der Waals surface area contributed by atoms with Crippen LogP contribution in [0.1, 0.15) is 11.6 Å². The number of aliphatic imine (C=N–C) groups is 1. The minimum Gasteiger partial charge on any atom is -0.496 e. The van der Waals surface area contributed by atoms with Crippen molar-refractivity contribution in [2.75, 3.05) is 7.11 Å². The fraction of sp³-hybridized carbons (Fsp3) is 0.200. The molecule has 0 aliphatic carbocycles. The Morgan fingerprint density at radius 1 is 1.60 bits per heavy atom. The molecule has 0 fully saturated rings. The van der Waals surface area contributed by atoms with Crippen LogP contribution in [-0.4, -0.2) is 13.2 Å². The van der Waals surface area contributed by atoms with Gasteiger partial charge in [0.05, 0.1) is 17.7 Å². The van der Waals surface area contributed by atoms with E-state index >= 15 is 0 Å². The maximum atomic E-state index is 10.1. The lowest BCUT2D eigenvalue weighted by Gasteiger charge is -2.06. The van der Waals surface area contributed by atoms with Gasteiger partial charge in [-0.15, -0.1) is 0 Å². The number of nitriles is 1. The molecule has 1 aromatic carbocycles. The van der Waals surface area contributed by atoms with Crippen LogP contribution in [0.5, 0.6) is 5.75 Å². The van der Waals surface area contributed by atoms with Crippen molar-refractivity contribution in [2.45, 2.75) is 6.04 Å². The van der Waals surface area contributed by atoms with E-state index in [0.29, 0.717) is 15.8 Å². The normalized spacial score (nSPS) is 11.0. The van der Waals surface area contributed by atoms with Gasteiger partial charge >= 0.3 is 0 Å². The van der Waals surface area contributed by atoms with E-state index in [9.17, 15) is 4.79 Å². The molecule has 5 heteroatoms. The second-order valence-corrected chi connectivity index (χ2v) is 3.50. The molecule has 0 N–H and O–H groups in total. The predicted octanol–water partition coefficient (Wildman–Crippen LogP) is 2.36. The smallest absolute Gasteiger partial charge is 0.236 e. The number of ether oxygens (including phenoxy) is 1. The van der Waals surface area contributed by atoms with Crippen molar-refractivity contribution in [3.05, 3.63) is 28.2 Å². The number of benzene rings is 1. The lowest BCUT2D eigenvalue weighted by atomic mass is 10.1. The van der Waals surface area contributed by atoms with Crippen LogP contribution in [-0.2, 0) is 4.79 Å². The monoisotopic (exact) mass is 266 g/mol. The first kappa shape index (κ1) is 11.4. The summed E-state index contributed by atoms with van der Waals surface area (Å²) in [7, 11) is 1.55. The van der Waals surface area contributed by atoms with Gasteiger partial charge in [0.25, 0.3) is 0 Å². The van der Waals surface area contributed by atoms with Gasteiger partial charge in [-0.3, -0.25) is 0 Å². The Morgan fingerprint density at radius 3 is 2.80 bits per heavy atom. The molecule has 1 rings (SSSR count). The molecule has 1 unspecified atom stereocenters. The molecule has 1 atom stereocenters. The maximum Gasteiger partial charge on any atom is 0.236 e. The highest BCUT2D eigenvalue weighted by Gasteiger charge is 2.10. The van der Waals surface area contributed by atoms with Crippen molar-refractivity contribution in [3.8, 4) is 11.8 Å². The number of isocyanates is 1. The molecule has 0 amide bonds. The first-order chi connectivity index (χ1) is 7.22. The van der Waals surface area contributed by atoms with Crippen LogP contribution in [0.3, 0.4) is 0 Å². The van der Waals surface area contributed by atoms with Gasteiger partial charge in [-0.05, 0) is 33.6 Å². The molecule has 0 bridgehead atoms. The van der Waals surface area contributed by atoms with Crippen molar-refractivity contribution in [2.24, 2.45) is 4.99 Å². The van der Waals surface area contributed by atoms with E-state index in [1.54, 1.807) is 25.3 Å². The Morgan fingerprint density at radius 2 is 2.33 bits per heavy atom. The molecule has 76 valence electrons. The SMILES string of the molecule is COc1ccc(C(C#N)N=C=O)cc1Br. The highest BCUT2D eigenvalue weighted by atomic mass is 79.9. The Bertz CT molecular complexity index is 447. The van der Waals surface area contributed by atoms with Crippen LogP contribution in [0.15, 0.2) is 27.7 Å². The molecule has 1 aromatic rings. The van der Waals surface area contributed by atoms with E-state index in [1.165, 1.54) is 6.08 Å². The average molecular weight is 267 g/mol. The van der Waals surface area contributed by atoms with Crippen molar-refractivity contribution in [1.29, 1.82) is 5.26 Å².